The molecular formula is C10H13ClO2S. The molecular weight excluding hydrogens is 220 g/mol. The normalized spacial score (nSPS) is 10.0. The van der Waals surface area contributed by atoms with Crippen LogP contribution in [0.1, 0.15) is 13.3 Å². The highest BCUT2D eigenvalue weighted by atomic mass is 35.5. The minimum atomic E-state index is 0.543. The van der Waals surface area contributed by atoms with E-state index in [-0.39, 0.29) is 0 Å². The maximum Gasteiger partial charge on any atom is 0.141 e. The number of thiol groups is 1. The van der Waals surface area contributed by atoms with Crippen LogP contribution in [0.5, 0.6) is 11.5 Å². The van der Waals surface area contributed by atoms with Crippen LogP contribution in [0.25, 0.3) is 0 Å². The molecule has 2 nitrogen and oxygen atoms in total. The van der Waals surface area contributed by atoms with Crippen LogP contribution in [0.15, 0.2) is 17.0 Å². The molecule has 0 unspecified atom stereocenters. The lowest BCUT2D eigenvalue weighted by Gasteiger charge is -2.10. The second kappa shape index (κ2) is 5.37. The summed E-state index contributed by atoms with van der Waals surface area (Å²) in [7, 11) is 1.57. The summed E-state index contributed by atoms with van der Waals surface area (Å²) in [4.78, 5) is 0.726. The number of hydrogen-bond donors (Lipinski definition) is 1. The zero-order chi connectivity index (χ0) is 10.6. The van der Waals surface area contributed by atoms with Crippen molar-refractivity contribution in [1.29, 1.82) is 0 Å². The number of methoxy groups -OCH3 is 1. The summed E-state index contributed by atoms with van der Waals surface area (Å²) in [6.45, 7) is 2.71. The first-order chi connectivity index (χ1) is 6.69. The van der Waals surface area contributed by atoms with Crippen LogP contribution in [0.3, 0.4) is 0 Å². The van der Waals surface area contributed by atoms with Crippen molar-refractivity contribution in [2.45, 2.75) is 18.2 Å². The SMILES string of the molecule is CCCOc1cc(OC)c(Cl)cc1S. The first-order valence-electron chi connectivity index (χ1n) is 4.38. The van der Waals surface area contributed by atoms with E-state index in [1.165, 1.54) is 0 Å². The molecule has 1 aromatic rings. The molecule has 0 N–H and O–H groups in total. The van der Waals surface area contributed by atoms with Crippen LogP contribution in [-0.4, -0.2) is 13.7 Å². The number of halogens is 1. The Kier molecular flexibility index (Phi) is 4.42. The van der Waals surface area contributed by atoms with Gasteiger partial charge in [0.2, 0.25) is 0 Å². The molecule has 0 heterocycles. The fourth-order valence-electron chi connectivity index (χ4n) is 1.01. The molecule has 0 saturated carbocycles. The van der Waals surface area contributed by atoms with Gasteiger partial charge in [-0.2, -0.15) is 0 Å². The third-order valence-electron chi connectivity index (χ3n) is 1.70. The van der Waals surface area contributed by atoms with Gasteiger partial charge in [0.05, 0.1) is 18.7 Å². The lowest BCUT2D eigenvalue weighted by Crippen LogP contribution is -1.96. The first-order valence-corrected chi connectivity index (χ1v) is 5.20. The van der Waals surface area contributed by atoms with Gasteiger partial charge in [-0.25, -0.2) is 0 Å². The van der Waals surface area contributed by atoms with E-state index in [0.717, 1.165) is 11.3 Å². The largest absolute Gasteiger partial charge is 0.495 e. The van der Waals surface area contributed by atoms with E-state index in [0.29, 0.717) is 23.1 Å². The van der Waals surface area contributed by atoms with Crippen molar-refractivity contribution >= 4 is 24.2 Å². The molecule has 0 bridgehead atoms. The van der Waals surface area contributed by atoms with E-state index < -0.39 is 0 Å². The van der Waals surface area contributed by atoms with E-state index in [1.54, 1.807) is 19.2 Å². The standard InChI is InChI=1S/C10H13ClO2S/c1-3-4-13-9-6-8(12-2)7(11)5-10(9)14/h5-6,14H,3-4H2,1-2H3. The van der Waals surface area contributed by atoms with Crippen LogP contribution < -0.4 is 9.47 Å². The van der Waals surface area contributed by atoms with E-state index in [4.69, 9.17) is 21.1 Å². The summed E-state index contributed by atoms with van der Waals surface area (Å²) in [5.41, 5.74) is 0. The fourth-order valence-corrected chi connectivity index (χ4v) is 1.58. The van der Waals surface area contributed by atoms with Gasteiger partial charge in [0.25, 0.3) is 0 Å². The highest BCUT2D eigenvalue weighted by molar-refractivity contribution is 7.80. The van der Waals surface area contributed by atoms with Gasteiger partial charge in [0.1, 0.15) is 11.5 Å². The number of hydrogen-bond acceptors (Lipinski definition) is 3. The number of benzene rings is 1. The summed E-state index contributed by atoms with van der Waals surface area (Å²) in [5.74, 6) is 1.31. The van der Waals surface area contributed by atoms with Crippen molar-refractivity contribution in [3.05, 3.63) is 17.2 Å². The van der Waals surface area contributed by atoms with Crippen molar-refractivity contribution in [3.8, 4) is 11.5 Å². The molecule has 14 heavy (non-hydrogen) atoms. The molecule has 0 aliphatic carbocycles. The van der Waals surface area contributed by atoms with Gasteiger partial charge in [-0.05, 0) is 12.5 Å². The summed E-state index contributed by atoms with van der Waals surface area (Å²) in [6.07, 6.45) is 0.957. The average Bonchev–Trinajstić information content (AvgIpc) is 2.17. The molecule has 0 atom stereocenters. The summed E-state index contributed by atoms with van der Waals surface area (Å²) >= 11 is 10.2. The molecule has 0 saturated heterocycles. The molecule has 0 aromatic heterocycles. The van der Waals surface area contributed by atoms with Crippen LogP contribution >= 0.6 is 24.2 Å². The highest BCUT2D eigenvalue weighted by Gasteiger charge is 2.07. The Hall–Kier alpha value is -0.540. The van der Waals surface area contributed by atoms with Crippen molar-refractivity contribution in [3.63, 3.8) is 0 Å². The minimum Gasteiger partial charge on any atom is -0.495 e. The van der Waals surface area contributed by atoms with Crippen LogP contribution in [0.4, 0.5) is 0 Å². The Labute approximate surface area is 94.6 Å². The van der Waals surface area contributed by atoms with Crippen molar-refractivity contribution in [2.75, 3.05) is 13.7 Å². The third kappa shape index (κ3) is 2.72. The predicted octanol–water partition coefficient (Wildman–Crippen LogP) is 3.43. The molecule has 1 rings (SSSR count). The summed E-state index contributed by atoms with van der Waals surface area (Å²) in [5, 5.41) is 0.543. The van der Waals surface area contributed by atoms with Gasteiger partial charge < -0.3 is 9.47 Å². The molecule has 0 fully saturated rings. The molecule has 78 valence electrons. The molecule has 0 radical (unpaired) electrons. The van der Waals surface area contributed by atoms with Crippen LogP contribution in [0.2, 0.25) is 5.02 Å². The van der Waals surface area contributed by atoms with Gasteiger partial charge in [-0.15, -0.1) is 12.6 Å². The topological polar surface area (TPSA) is 18.5 Å². The van der Waals surface area contributed by atoms with Crippen molar-refractivity contribution in [1.82, 2.24) is 0 Å². The quantitative estimate of drug-likeness (QED) is 0.802. The number of ether oxygens (including phenoxy) is 2. The number of rotatable bonds is 4. The minimum absolute atomic E-state index is 0.543. The second-order valence-electron chi connectivity index (χ2n) is 2.80. The zero-order valence-corrected chi connectivity index (χ0v) is 9.86. The smallest absolute Gasteiger partial charge is 0.141 e. The second-order valence-corrected chi connectivity index (χ2v) is 3.69. The maximum atomic E-state index is 5.91. The molecule has 0 aliphatic heterocycles. The average molecular weight is 233 g/mol. The van der Waals surface area contributed by atoms with Gasteiger partial charge >= 0.3 is 0 Å². The monoisotopic (exact) mass is 232 g/mol. The van der Waals surface area contributed by atoms with E-state index >= 15 is 0 Å². The molecule has 1 aromatic carbocycles. The Balaban J connectivity index is 2.92. The van der Waals surface area contributed by atoms with Crippen LogP contribution in [0, 0.1) is 0 Å². The van der Waals surface area contributed by atoms with Crippen LogP contribution in [-0.2, 0) is 0 Å². The molecule has 4 heteroatoms. The van der Waals surface area contributed by atoms with Gasteiger partial charge in [0.15, 0.2) is 0 Å². The summed E-state index contributed by atoms with van der Waals surface area (Å²) in [6, 6.07) is 3.47. The predicted molar refractivity (Wildman–Crippen MR) is 61.0 cm³/mol. The van der Waals surface area contributed by atoms with E-state index in [2.05, 4.69) is 12.6 Å². The highest BCUT2D eigenvalue weighted by Crippen LogP contribution is 2.34. The van der Waals surface area contributed by atoms with E-state index in [9.17, 15) is 0 Å². The Morgan fingerprint density at radius 2 is 2.07 bits per heavy atom. The van der Waals surface area contributed by atoms with Crippen molar-refractivity contribution < 1.29 is 9.47 Å². The molecule has 0 aliphatic rings. The van der Waals surface area contributed by atoms with E-state index in [1.807, 2.05) is 6.92 Å². The molecule has 0 amide bonds. The lowest BCUT2D eigenvalue weighted by molar-refractivity contribution is 0.307. The Morgan fingerprint density at radius 1 is 1.36 bits per heavy atom. The maximum absolute atomic E-state index is 5.91. The Bertz CT molecular complexity index is 315. The van der Waals surface area contributed by atoms with Gasteiger partial charge in [-0.1, -0.05) is 18.5 Å². The van der Waals surface area contributed by atoms with Gasteiger partial charge in [0, 0.05) is 11.0 Å². The third-order valence-corrected chi connectivity index (χ3v) is 2.34. The lowest BCUT2D eigenvalue weighted by atomic mass is 10.3. The Morgan fingerprint density at radius 3 is 2.64 bits per heavy atom. The summed E-state index contributed by atoms with van der Waals surface area (Å²) < 4.78 is 10.5. The zero-order valence-electron chi connectivity index (χ0n) is 8.21. The molecule has 0 spiro atoms. The van der Waals surface area contributed by atoms with Crippen molar-refractivity contribution in [2.24, 2.45) is 0 Å². The van der Waals surface area contributed by atoms with Gasteiger partial charge in [-0.3, -0.25) is 0 Å². The fraction of sp³-hybridized carbons (Fsp3) is 0.400. The first kappa shape index (κ1) is 11.5.